The van der Waals surface area contributed by atoms with E-state index >= 15 is 0 Å². The van der Waals surface area contributed by atoms with Crippen molar-refractivity contribution in [2.45, 2.75) is 52.2 Å². The van der Waals surface area contributed by atoms with Gasteiger partial charge in [-0.15, -0.1) is 0 Å². The predicted molar refractivity (Wildman–Crippen MR) is 135 cm³/mol. The molecule has 0 radical (unpaired) electrons. The highest BCUT2D eigenvalue weighted by Crippen LogP contribution is 2.39. The molecule has 7 nitrogen and oxygen atoms in total. The zero-order chi connectivity index (χ0) is 24.5. The number of anilines is 1. The van der Waals surface area contributed by atoms with E-state index in [0.717, 1.165) is 54.6 Å². The Bertz CT molecular complexity index is 1310. The van der Waals surface area contributed by atoms with Crippen LogP contribution in [0.4, 0.5) is 10.5 Å². The first-order chi connectivity index (χ1) is 16.9. The second-order valence-corrected chi connectivity index (χ2v) is 9.78. The number of aromatic nitrogens is 1. The number of nitrogens with one attached hydrogen (secondary N) is 1. The maximum absolute atomic E-state index is 13.1. The largest absolute Gasteiger partial charge is 0.447 e. The smallest absolute Gasteiger partial charge is 0.411 e. The molecule has 1 aromatic heterocycles. The van der Waals surface area contributed by atoms with Gasteiger partial charge in [0.2, 0.25) is 0 Å². The molecule has 1 aliphatic carbocycles. The van der Waals surface area contributed by atoms with Crippen LogP contribution in [0.2, 0.25) is 0 Å². The van der Waals surface area contributed by atoms with E-state index in [-0.39, 0.29) is 12.0 Å². The monoisotopic (exact) mass is 470 g/mol. The third kappa shape index (κ3) is 4.74. The van der Waals surface area contributed by atoms with E-state index in [4.69, 9.17) is 4.74 Å². The first kappa shape index (κ1) is 23.0. The summed E-state index contributed by atoms with van der Waals surface area (Å²) in [4.78, 5) is 26.9. The highest BCUT2D eigenvalue weighted by molar-refractivity contribution is 6.01. The van der Waals surface area contributed by atoms with Crippen molar-refractivity contribution in [2.75, 3.05) is 18.4 Å². The Kier molecular flexibility index (Phi) is 6.21. The quantitative estimate of drug-likeness (QED) is 0.494. The summed E-state index contributed by atoms with van der Waals surface area (Å²) in [6, 6.07) is 15.6. The van der Waals surface area contributed by atoms with Crippen molar-refractivity contribution in [1.82, 2.24) is 9.47 Å². The molecule has 2 aromatic carbocycles. The lowest BCUT2D eigenvalue weighted by molar-refractivity contribution is 0.0793. The number of nitrogens with zero attached hydrogens (tertiary/aromatic N) is 3. The van der Waals surface area contributed by atoms with Crippen LogP contribution in [0, 0.1) is 17.2 Å². The van der Waals surface area contributed by atoms with E-state index in [1.165, 1.54) is 12.8 Å². The molecule has 2 heterocycles. The molecular weight excluding hydrogens is 440 g/mol. The van der Waals surface area contributed by atoms with Gasteiger partial charge in [-0.25, -0.2) is 4.79 Å². The first-order valence-electron chi connectivity index (χ1n) is 12.4. The van der Waals surface area contributed by atoms with E-state index in [1.54, 1.807) is 13.8 Å². The minimum Gasteiger partial charge on any atom is -0.447 e. The fourth-order valence-electron chi connectivity index (χ4n) is 4.82. The van der Waals surface area contributed by atoms with Crippen molar-refractivity contribution in [2.24, 2.45) is 5.92 Å². The molecule has 2 aliphatic rings. The molecule has 0 spiro atoms. The third-order valence-electron chi connectivity index (χ3n) is 6.70. The Morgan fingerprint density at radius 2 is 1.83 bits per heavy atom. The highest BCUT2D eigenvalue weighted by atomic mass is 16.6. The maximum atomic E-state index is 13.1. The summed E-state index contributed by atoms with van der Waals surface area (Å²) in [6.45, 7) is 6.03. The molecule has 1 N–H and O–H groups in total. The van der Waals surface area contributed by atoms with Crippen molar-refractivity contribution in [1.29, 1.82) is 5.26 Å². The van der Waals surface area contributed by atoms with Gasteiger partial charge >= 0.3 is 6.09 Å². The lowest BCUT2D eigenvalue weighted by Crippen LogP contribution is -2.27. The normalized spacial score (nSPS) is 15.4. The Morgan fingerprint density at radius 3 is 2.46 bits per heavy atom. The molecule has 2 fully saturated rings. The van der Waals surface area contributed by atoms with Crippen LogP contribution in [0.5, 0.6) is 0 Å². The molecular formula is C28H30N4O3. The minimum absolute atomic E-state index is 0.0624. The second kappa shape index (κ2) is 9.46. The molecule has 7 heteroatoms. The van der Waals surface area contributed by atoms with Crippen LogP contribution in [0.3, 0.4) is 0 Å². The number of benzene rings is 2. The zero-order valence-corrected chi connectivity index (χ0v) is 20.2. The van der Waals surface area contributed by atoms with Crippen LogP contribution in [-0.4, -0.2) is 40.7 Å². The summed E-state index contributed by atoms with van der Waals surface area (Å²) in [5, 5.41) is 13.7. The summed E-state index contributed by atoms with van der Waals surface area (Å²) in [5.74, 6) is 0.646. The summed E-state index contributed by atoms with van der Waals surface area (Å²) in [7, 11) is 0. The average Bonchev–Trinajstić information content (AvgIpc) is 3.38. The molecule has 1 saturated carbocycles. The summed E-state index contributed by atoms with van der Waals surface area (Å²) in [6.07, 6.45) is 3.75. The SMILES string of the molecule is CC(C)OC(=O)Nc1ccc(-c2c(C#N)c3ccc(C(=O)N4CCCC4)cc3n2CC2CC2)cc1. The van der Waals surface area contributed by atoms with Gasteiger partial charge in [0, 0.05) is 36.3 Å². The molecule has 0 unspecified atom stereocenters. The van der Waals surface area contributed by atoms with Gasteiger partial charge in [0.25, 0.3) is 5.91 Å². The fourth-order valence-corrected chi connectivity index (χ4v) is 4.82. The molecule has 3 aromatic rings. The molecule has 5 rings (SSSR count). The first-order valence-corrected chi connectivity index (χ1v) is 12.4. The number of ether oxygens (including phenoxy) is 1. The van der Waals surface area contributed by atoms with Crippen molar-refractivity contribution < 1.29 is 14.3 Å². The van der Waals surface area contributed by atoms with Gasteiger partial charge in [-0.1, -0.05) is 18.2 Å². The third-order valence-corrected chi connectivity index (χ3v) is 6.70. The van der Waals surface area contributed by atoms with Crippen LogP contribution in [0.25, 0.3) is 22.2 Å². The second-order valence-electron chi connectivity index (χ2n) is 9.78. The minimum atomic E-state index is -0.497. The number of hydrogen-bond acceptors (Lipinski definition) is 4. The van der Waals surface area contributed by atoms with E-state index in [0.29, 0.717) is 22.7 Å². The molecule has 1 aliphatic heterocycles. The van der Waals surface area contributed by atoms with Crippen molar-refractivity contribution in [3.05, 3.63) is 53.6 Å². The van der Waals surface area contributed by atoms with Gasteiger partial charge in [0.1, 0.15) is 6.07 Å². The lowest BCUT2D eigenvalue weighted by Gasteiger charge is -2.16. The predicted octanol–water partition coefficient (Wildman–Crippen LogP) is 5.78. The van der Waals surface area contributed by atoms with E-state index in [2.05, 4.69) is 16.0 Å². The summed E-state index contributed by atoms with van der Waals surface area (Å²) in [5.41, 5.74) is 4.59. The Hall–Kier alpha value is -3.79. The standard InChI is InChI=1S/C28H30N4O3/c1-18(2)35-28(34)30-22-10-7-20(8-11-22)26-24(16-29)23-12-9-21(27(33)31-13-3-4-14-31)15-25(23)32(26)17-19-5-6-19/h7-12,15,18-19H,3-6,13-14,17H2,1-2H3,(H,30,34). The van der Waals surface area contributed by atoms with Gasteiger partial charge < -0.3 is 14.2 Å². The molecule has 0 bridgehead atoms. The van der Waals surface area contributed by atoms with Crippen LogP contribution < -0.4 is 5.32 Å². The molecule has 35 heavy (non-hydrogen) atoms. The van der Waals surface area contributed by atoms with Gasteiger partial charge in [-0.2, -0.15) is 5.26 Å². The topological polar surface area (TPSA) is 87.4 Å². The van der Waals surface area contributed by atoms with E-state index in [1.807, 2.05) is 47.4 Å². The summed E-state index contributed by atoms with van der Waals surface area (Å²) < 4.78 is 7.36. The van der Waals surface area contributed by atoms with Crippen LogP contribution in [0.1, 0.15) is 55.5 Å². The van der Waals surface area contributed by atoms with Crippen molar-refractivity contribution >= 4 is 28.6 Å². The van der Waals surface area contributed by atoms with Gasteiger partial charge in [-0.3, -0.25) is 10.1 Å². The van der Waals surface area contributed by atoms with E-state index < -0.39 is 6.09 Å². The molecule has 2 amide bonds. The number of carbonyl (C=O) groups excluding carboxylic acids is 2. The van der Waals surface area contributed by atoms with Crippen LogP contribution in [-0.2, 0) is 11.3 Å². The maximum Gasteiger partial charge on any atom is 0.411 e. The van der Waals surface area contributed by atoms with Gasteiger partial charge in [0.15, 0.2) is 0 Å². The van der Waals surface area contributed by atoms with Gasteiger partial charge in [0.05, 0.1) is 22.9 Å². The molecule has 0 atom stereocenters. The van der Waals surface area contributed by atoms with Crippen molar-refractivity contribution in [3.63, 3.8) is 0 Å². The summed E-state index contributed by atoms with van der Waals surface area (Å²) >= 11 is 0. The fraction of sp³-hybridized carbons (Fsp3) is 0.393. The Balaban J connectivity index is 1.54. The number of likely N-dealkylation sites (tertiary alicyclic amines) is 1. The van der Waals surface area contributed by atoms with E-state index in [9.17, 15) is 14.9 Å². The van der Waals surface area contributed by atoms with Crippen molar-refractivity contribution in [3.8, 4) is 17.3 Å². The molecule has 1 saturated heterocycles. The molecule has 180 valence electrons. The zero-order valence-electron chi connectivity index (χ0n) is 20.2. The Labute approximate surface area is 205 Å². The number of fused-ring (bicyclic) bond motifs is 1. The number of hydrogen-bond donors (Lipinski definition) is 1. The number of amides is 2. The van der Waals surface area contributed by atoms with Crippen LogP contribution in [0.15, 0.2) is 42.5 Å². The Morgan fingerprint density at radius 1 is 1.11 bits per heavy atom. The number of nitriles is 1. The number of rotatable bonds is 6. The van der Waals surface area contributed by atoms with Gasteiger partial charge in [-0.05, 0) is 75.3 Å². The van der Waals surface area contributed by atoms with Crippen LogP contribution >= 0.6 is 0 Å². The number of carbonyl (C=O) groups is 2. The average molecular weight is 471 g/mol. The lowest BCUT2D eigenvalue weighted by atomic mass is 10.0. The highest BCUT2D eigenvalue weighted by Gasteiger charge is 2.28.